The Bertz CT molecular complexity index is 1290. The molecule has 0 bridgehead atoms. The van der Waals surface area contributed by atoms with Crippen molar-refractivity contribution in [3.63, 3.8) is 0 Å². The molecule has 0 unspecified atom stereocenters. The number of carbonyl (C=O) groups is 1. The number of imidazole rings is 1. The number of likely N-dealkylation sites (tertiary alicyclic amines) is 1. The maximum Gasteiger partial charge on any atom is 0.270 e. The summed E-state index contributed by atoms with van der Waals surface area (Å²) >= 11 is 0. The first-order valence-electron chi connectivity index (χ1n) is 9.83. The molecule has 1 N–H and O–H groups in total. The quantitative estimate of drug-likeness (QED) is 0.573. The molecule has 1 amide bonds. The van der Waals surface area contributed by atoms with Gasteiger partial charge < -0.3 is 9.88 Å². The van der Waals surface area contributed by atoms with Gasteiger partial charge in [0.25, 0.3) is 11.5 Å². The Labute approximate surface area is 167 Å². The standard InChI is InChI=1S/C22H21N5O2/c1-14-6-4-8-17-19(14)25-20(24-17)15-7-5-10-26(13-15)21(28)16-12-23-18-9-2-3-11-27(18)22(16)29/h2-4,6,8-9,11-12,15H,5,7,10,13H2,1H3,(H,24,25)/t15-/m1/s1. The van der Waals surface area contributed by atoms with Gasteiger partial charge >= 0.3 is 0 Å². The summed E-state index contributed by atoms with van der Waals surface area (Å²) in [4.78, 5) is 40.1. The SMILES string of the molecule is Cc1cccc2[nH]c([C@@H]3CCCN(C(=O)c4cnc5ccccn5c4=O)C3)nc12. The summed E-state index contributed by atoms with van der Waals surface area (Å²) in [6.45, 7) is 3.21. The number of aromatic nitrogens is 4. The van der Waals surface area contributed by atoms with Crippen molar-refractivity contribution in [2.45, 2.75) is 25.7 Å². The number of piperidine rings is 1. The zero-order valence-electron chi connectivity index (χ0n) is 16.1. The minimum absolute atomic E-state index is 0.106. The predicted molar refractivity (Wildman–Crippen MR) is 110 cm³/mol. The molecule has 5 rings (SSSR count). The summed E-state index contributed by atoms with van der Waals surface area (Å²) in [5, 5.41) is 0. The Morgan fingerprint density at radius 2 is 2.10 bits per heavy atom. The van der Waals surface area contributed by atoms with Gasteiger partial charge in [-0.05, 0) is 43.5 Å². The number of aromatic amines is 1. The molecule has 0 spiro atoms. The fraction of sp³-hybridized carbons (Fsp3) is 0.273. The van der Waals surface area contributed by atoms with Gasteiger partial charge in [-0.2, -0.15) is 0 Å². The van der Waals surface area contributed by atoms with Gasteiger partial charge in [0, 0.05) is 31.4 Å². The lowest BCUT2D eigenvalue weighted by atomic mass is 9.97. The highest BCUT2D eigenvalue weighted by molar-refractivity contribution is 5.94. The lowest BCUT2D eigenvalue weighted by Crippen LogP contribution is -2.41. The maximum absolute atomic E-state index is 13.1. The molecule has 1 fully saturated rings. The lowest BCUT2D eigenvalue weighted by Gasteiger charge is -2.31. The van der Waals surface area contributed by atoms with Crippen LogP contribution in [0.4, 0.5) is 0 Å². The van der Waals surface area contributed by atoms with Crippen LogP contribution in [-0.2, 0) is 0 Å². The second-order valence-electron chi connectivity index (χ2n) is 7.59. The van der Waals surface area contributed by atoms with E-state index in [1.54, 1.807) is 23.2 Å². The summed E-state index contributed by atoms with van der Waals surface area (Å²) in [6.07, 6.45) is 4.86. The first-order chi connectivity index (χ1) is 14.1. The van der Waals surface area contributed by atoms with Crippen LogP contribution in [0.2, 0.25) is 0 Å². The number of hydrogen-bond donors (Lipinski definition) is 1. The minimum Gasteiger partial charge on any atom is -0.342 e. The van der Waals surface area contributed by atoms with Crippen LogP contribution < -0.4 is 5.56 Å². The Balaban J connectivity index is 1.44. The third-order valence-corrected chi connectivity index (χ3v) is 5.67. The third kappa shape index (κ3) is 2.99. The largest absolute Gasteiger partial charge is 0.342 e. The third-order valence-electron chi connectivity index (χ3n) is 5.67. The highest BCUT2D eigenvalue weighted by Gasteiger charge is 2.29. The number of nitrogens with zero attached hydrogens (tertiary/aromatic N) is 4. The lowest BCUT2D eigenvalue weighted by molar-refractivity contribution is 0.0702. The average molecular weight is 387 g/mol. The summed E-state index contributed by atoms with van der Waals surface area (Å²) in [5.41, 5.74) is 3.42. The van der Waals surface area contributed by atoms with Gasteiger partial charge in [-0.25, -0.2) is 9.97 Å². The molecule has 29 heavy (non-hydrogen) atoms. The predicted octanol–water partition coefficient (Wildman–Crippen LogP) is 2.90. The van der Waals surface area contributed by atoms with E-state index in [1.165, 1.54) is 10.6 Å². The number of amides is 1. The minimum atomic E-state index is -0.331. The molecule has 3 aromatic heterocycles. The second kappa shape index (κ2) is 6.84. The molecular weight excluding hydrogens is 366 g/mol. The van der Waals surface area contributed by atoms with Crippen molar-refractivity contribution in [3.8, 4) is 0 Å². The van der Waals surface area contributed by atoms with E-state index in [0.717, 1.165) is 35.3 Å². The highest BCUT2D eigenvalue weighted by Crippen LogP contribution is 2.28. The summed E-state index contributed by atoms with van der Waals surface area (Å²) < 4.78 is 1.41. The number of rotatable bonds is 2. The van der Waals surface area contributed by atoms with Crippen LogP contribution in [-0.4, -0.2) is 43.2 Å². The Morgan fingerprint density at radius 1 is 1.21 bits per heavy atom. The molecule has 7 nitrogen and oxygen atoms in total. The summed E-state index contributed by atoms with van der Waals surface area (Å²) in [7, 11) is 0. The van der Waals surface area contributed by atoms with Crippen molar-refractivity contribution in [1.82, 2.24) is 24.3 Å². The molecule has 0 saturated carbocycles. The number of para-hydroxylation sites is 1. The monoisotopic (exact) mass is 387 g/mol. The van der Waals surface area contributed by atoms with Crippen LogP contribution >= 0.6 is 0 Å². The van der Waals surface area contributed by atoms with E-state index in [-0.39, 0.29) is 22.9 Å². The molecule has 0 radical (unpaired) electrons. The van der Waals surface area contributed by atoms with E-state index in [0.29, 0.717) is 18.7 Å². The average Bonchev–Trinajstić information content (AvgIpc) is 3.20. The molecule has 4 heterocycles. The fourth-order valence-corrected chi connectivity index (χ4v) is 4.12. The van der Waals surface area contributed by atoms with E-state index in [2.05, 4.69) is 9.97 Å². The molecule has 1 saturated heterocycles. The van der Waals surface area contributed by atoms with Crippen LogP contribution in [0.25, 0.3) is 16.7 Å². The number of nitrogens with one attached hydrogen (secondary N) is 1. The zero-order valence-corrected chi connectivity index (χ0v) is 16.1. The molecule has 1 aromatic carbocycles. The Kier molecular flexibility index (Phi) is 4.16. The van der Waals surface area contributed by atoms with Crippen molar-refractivity contribution in [2.24, 2.45) is 0 Å². The fourth-order valence-electron chi connectivity index (χ4n) is 4.12. The van der Waals surface area contributed by atoms with Crippen molar-refractivity contribution in [3.05, 3.63) is 76.1 Å². The molecule has 1 aliphatic rings. The van der Waals surface area contributed by atoms with Crippen LogP contribution in [0.3, 0.4) is 0 Å². The van der Waals surface area contributed by atoms with Gasteiger partial charge in [-0.15, -0.1) is 0 Å². The van der Waals surface area contributed by atoms with Gasteiger partial charge in [-0.3, -0.25) is 14.0 Å². The van der Waals surface area contributed by atoms with Gasteiger partial charge in [0.15, 0.2) is 0 Å². The number of fused-ring (bicyclic) bond motifs is 2. The number of hydrogen-bond acceptors (Lipinski definition) is 4. The summed E-state index contributed by atoms with van der Waals surface area (Å²) in [5.74, 6) is 0.758. The van der Waals surface area contributed by atoms with E-state index in [9.17, 15) is 9.59 Å². The van der Waals surface area contributed by atoms with Gasteiger partial charge in [-0.1, -0.05) is 18.2 Å². The first-order valence-corrected chi connectivity index (χ1v) is 9.83. The van der Waals surface area contributed by atoms with Crippen LogP contribution in [0.1, 0.15) is 40.5 Å². The van der Waals surface area contributed by atoms with Crippen molar-refractivity contribution >= 4 is 22.6 Å². The van der Waals surface area contributed by atoms with Crippen molar-refractivity contribution < 1.29 is 4.79 Å². The topological polar surface area (TPSA) is 83.4 Å². The van der Waals surface area contributed by atoms with Gasteiger partial charge in [0.2, 0.25) is 0 Å². The van der Waals surface area contributed by atoms with Crippen molar-refractivity contribution in [2.75, 3.05) is 13.1 Å². The number of benzene rings is 1. The van der Waals surface area contributed by atoms with E-state index >= 15 is 0 Å². The molecule has 0 aliphatic carbocycles. The van der Waals surface area contributed by atoms with Crippen LogP contribution in [0.15, 0.2) is 53.6 Å². The number of pyridine rings is 1. The molecule has 1 aliphatic heterocycles. The first kappa shape index (κ1) is 17.6. The Hall–Kier alpha value is -3.48. The van der Waals surface area contributed by atoms with Crippen LogP contribution in [0, 0.1) is 6.92 Å². The zero-order chi connectivity index (χ0) is 20.0. The van der Waals surface area contributed by atoms with Gasteiger partial charge in [0.1, 0.15) is 17.0 Å². The number of aryl methyl sites for hydroxylation is 1. The smallest absolute Gasteiger partial charge is 0.270 e. The second-order valence-corrected chi connectivity index (χ2v) is 7.59. The molecule has 1 atom stereocenters. The van der Waals surface area contributed by atoms with E-state index < -0.39 is 0 Å². The van der Waals surface area contributed by atoms with E-state index in [4.69, 9.17) is 4.98 Å². The number of H-pyrrole nitrogens is 1. The maximum atomic E-state index is 13.1. The molecule has 146 valence electrons. The molecule has 7 heteroatoms. The molecule has 4 aromatic rings. The molecular formula is C22H21N5O2. The van der Waals surface area contributed by atoms with Gasteiger partial charge in [0.05, 0.1) is 11.0 Å². The van der Waals surface area contributed by atoms with Crippen molar-refractivity contribution in [1.29, 1.82) is 0 Å². The number of carbonyl (C=O) groups excluding carboxylic acids is 1. The van der Waals surface area contributed by atoms with E-state index in [1.807, 2.05) is 31.2 Å². The normalized spacial score (nSPS) is 17.1. The Morgan fingerprint density at radius 3 is 2.97 bits per heavy atom. The van der Waals surface area contributed by atoms with Crippen LogP contribution in [0.5, 0.6) is 0 Å². The highest BCUT2D eigenvalue weighted by atomic mass is 16.2. The summed E-state index contributed by atoms with van der Waals surface area (Å²) in [6, 6.07) is 11.4.